The lowest BCUT2D eigenvalue weighted by Gasteiger charge is -2.19. The predicted octanol–water partition coefficient (Wildman–Crippen LogP) is 2.06. The van der Waals surface area contributed by atoms with Crippen LogP contribution in [0.1, 0.15) is 27.0 Å². The first-order valence-electron chi connectivity index (χ1n) is 7.38. The largest absolute Gasteiger partial charge is 0.508 e. The van der Waals surface area contributed by atoms with E-state index in [-0.39, 0.29) is 24.2 Å². The Hall–Kier alpha value is -3.15. The number of imide groups is 1. The fourth-order valence-electron chi connectivity index (χ4n) is 2.88. The van der Waals surface area contributed by atoms with Crippen molar-refractivity contribution in [3.8, 4) is 5.75 Å². The normalized spacial score (nSPS) is 13.0. The van der Waals surface area contributed by atoms with E-state index in [0.29, 0.717) is 22.4 Å². The van der Waals surface area contributed by atoms with Crippen LogP contribution in [0.4, 0.5) is 5.69 Å². The molecule has 2 aromatic rings. The highest BCUT2D eigenvalue weighted by Gasteiger charge is 2.35. The third-order valence-electron chi connectivity index (χ3n) is 4.01. The maximum absolute atomic E-state index is 12.8. The first-order valence-corrected chi connectivity index (χ1v) is 7.38. The van der Waals surface area contributed by atoms with Crippen LogP contribution in [0, 0.1) is 6.92 Å². The SMILES string of the molecule is Cc1cc(C(=O)N2C(=O)Cc3cccc(CC(=O)O)c32)ccc1O. The number of carboxylic acids is 1. The van der Waals surface area contributed by atoms with Crippen LogP contribution < -0.4 is 4.90 Å². The molecular weight excluding hydrogens is 310 g/mol. The average Bonchev–Trinajstić information content (AvgIpc) is 2.86. The Morgan fingerprint density at radius 3 is 2.62 bits per heavy atom. The molecule has 2 aromatic carbocycles. The van der Waals surface area contributed by atoms with Gasteiger partial charge in [0.15, 0.2) is 0 Å². The first kappa shape index (κ1) is 15.7. The van der Waals surface area contributed by atoms with E-state index in [2.05, 4.69) is 0 Å². The molecule has 6 nitrogen and oxygen atoms in total. The Bertz CT molecular complexity index is 872. The van der Waals surface area contributed by atoms with Gasteiger partial charge in [0, 0.05) is 5.56 Å². The van der Waals surface area contributed by atoms with Crippen LogP contribution in [-0.4, -0.2) is 28.0 Å². The molecule has 0 saturated heterocycles. The predicted molar refractivity (Wildman–Crippen MR) is 86.1 cm³/mol. The van der Waals surface area contributed by atoms with Crippen LogP contribution in [0.3, 0.4) is 0 Å². The van der Waals surface area contributed by atoms with E-state index in [1.54, 1.807) is 25.1 Å². The number of fused-ring (bicyclic) bond motifs is 1. The molecule has 1 heterocycles. The minimum atomic E-state index is -1.03. The fraction of sp³-hybridized carbons (Fsp3) is 0.167. The van der Waals surface area contributed by atoms with Gasteiger partial charge in [0.05, 0.1) is 18.5 Å². The molecule has 2 amide bonds. The van der Waals surface area contributed by atoms with Gasteiger partial charge in [0.1, 0.15) is 5.75 Å². The van der Waals surface area contributed by atoms with Gasteiger partial charge in [-0.1, -0.05) is 18.2 Å². The third-order valence-corrected chi connectivity index (χ3v) is 4.01. The second-order valence-corrected chi connectivity index (χ2v) is 5.71. The van der Waals surface area contributed by atoms with E-state index < -0.39 is 17.8 Å². The molecule has 1 aliphatic heterocycles. The van der Waals surface area contributed by atoms with Crippen LogP contribution in [0.5, 0.6) is 5.75 Å². The molecule has 0 unspecified atom stereocenters. The molecule has 0 atom stereocenters. The second kappa shape index (κ2) is 5.81. The van der Waals surface area contributed by atoms with E-state index in [1.165, 1.54) is 18.2 Å². The van der Waals surface area contributed by atoms with Crippen molar-refractivity contribution in [1.29, 1.82) is 0 Å². The summed E-state index contributed by atoms with van der Waals surface area (Å²) in [6.45, 7) is 1.65. The van der Waals surface area contributed by atoms with Gasteiger partial charge in [0.25, 0.3) is 5.91 Å². The monoisotopic (exact) mass is 325 g/mol. The summed E-state index contributed by atoms with van der Waals surface area (Å²) in [5.41, 5.74) is 2.21. The van der Waals surface area contributed by atoms with E-state index in [9.17, 15) is 19.5 Å². The van der Waals surface area contributed by atoms with Gasteiger partial charge in [-0.15, -0.1) is 0 Å². The van der Waals surface area contributed by atoms with Gasteiger partial charge in [-0.2, -0.15) is 0 Å². The van der Waals surface area contributed by atoms with Gasteiger partial charge in [-0.3, -0.25) is 14.4 Å². The molecule has 0 aliphatic carbocycles. The molecule has 122 valence electrons. The summed E-state index contributed by atoms with van der Waals surface area (Å²) in [5, 5.41) is 18.6. The maximum Gasteiger partial charge on any atom is 0.307 e. The van der Waals surface area contributed by atoms with Crippen molar-refractivity contribution in [3.63, 3.8) is 0 Å². The lowest BCUT2D eigenvalue weighted by molar-refractivity contribution is -0.136. The molecule has 0 radical (unpaired) electrons. The van der Waals surface area contributed by atoms with E-state index >= 15 is 0 Å². The summed E-state index contributed by atoms with van der Waals surface area (Å²) in [4.78, 5) is 37.2. The standard InChI is InChI=1S/C18H15NO5/c1-10-7-13(5-6-14(10)20)18(24)19-15(21)8-11-3-2-4-12(17(11)19)9-16(22)23/h2-7,20H,8-9H2,1H3,(H,22,23). The molecular formula is C18H15NO5. The lowest BCUT2D eigenvalue weighted by Crippen LogP contribution is -2.34. The number of carbonyl (C=O) groups is 3. The van der Waals surface area contributed by atoms with Crippen molar-refractivity contribution >= 4 is 23.5 Å². The molecule has 0 aromatic heterocycles. The number of rotatable bonds is 3. The zero-order chi connectivity index (χ0) is 17.4. The van der Waals surface area contributed by atoms with Gasteiger partial charge >= 0.3 is 5.97 Å². The Balaban J connectivity index is 2.07. The summed E-state index contributed by atoms with van der Waals surface area (Å²) in [6.07, 6.45) is -0.208. The van der Waals surface area contributed by atoms with Crippen LogP contribution in [0.25, 0.3) is 0 Å². The quantitative estimate of drug-likeness (QED) is 0.842. The van der Waals surface area contributed by atoms with E-state index in [1.807, 2.05) is 0 Å². The zero-order valence-corrected chi connectivity index (χ0v) is 12.9. The summed E-state index contributed by atoms with van der Waals surface area (Å²) in [6, 6.07) is 9.34. The highest BCUT2D eigenvalue weighted by atomic mass is 16.4. The number of benzene rings is 2. The summed E-state index contributed by atoms with van der Waals surface area (Å²) in [7, 11) is 0. The number of hydrogen-bond donors (Lipinski definition) is 2. The van der Waals surface area contributed by atoms with Crippen LogP contribution in [0.15, 0.2) is 36.4 Å². The van der Waals surface area contributed by atoms with Crippen molar-refractivity contribution in [1.82, 2.24) is 0 Å². The lowest BCUT2D eigenvalue weighted by atomic mass is 10.0. The van der Waals surface area contributed by atoms with Gasteiger partial charge in [-0.25, -0.2) is 4.90 Å². The highest BCUT2D eigenvalue weighted by Crippen LogP contribution is 2.34. The number of carbonyl (C=O) groups excluding carboxylic acids is 2. The minimum absolute atomic E-state index is 0.0611. The zero-order valence-electron chi connectivity index (χ0n) is 12.9. The van der Waals surface area contributed by atoms with Gasteiger partial charge < -0.3 is 10.2 Å². The fourth-order valence-corrected chi connectivity index (χ4v) is 2.88. The highest BCUT2D eigenvalue weighted by molar-refractivity contribution is 6.25. The molecule has 0 bridgehead atoms. The number of nitrogens with zero attached hydrogens (tertiary/aromatic N) is 1. The molecule has 6 heteroatoms. The minimum Gasteiger partial charge on any atom is -0.508 e. The molecule has 0 saturated carbocycles. The van der Waals surface area contributed by atoms with E-state index in [0.717, 1.165) is 4.90 Å². The van der Waals surface area contributed by atoms with Crippen LogP contribution in [-0.2, 0) is 22.4 Å². The molecule has 0 spiro atoms. The number of aromatic hydroxyl groups is 1. The van der Waals surface area contributed by atoms with Gasteiger partial charge in [0.2, 0.25) is 5.91 Å². The van der Waals surface area contributed by atoms with Crippen LogP contribution in [0.2, 0.25) is 0 Å². The number of hydrogen-bond acceptors (Lipinski definition) is 4. The summed E-state index contributed by atoms with van der Waals surface area (Å²) in [5.74, 6) is -1.89. The Morgan fingerprint density at radius 1 is 1.21 bits per heavy atom. The van der Waals surface area contributed by atoms with Crippen LogP contribution >= 0.6 is 0 Å². The number of amides is 2. The van der Waals surface area contributed by atoms with Gasteiger partial charge in [-0.05, 0) is 41.8 Å². The molecule has 2 N–H and O–H groups in total. The second-order valence-electron chi connectivity index (χ2n) is 5.71. The number of phenolic OH excluding ortho intramolecular Hbond substituents is 1. The van der Waals surface area contributed by atoms with Crippen molar-refractivity contribution in [3.05, 3.63) is 58.7 Å². The average molecular weight is 325 g/mol. The topological polar surface area (TPSA) is 94.9 Å². The molecule has 0 fully saturated rings. The molecule has 3 rings (SSSR count). The molecule has 24 heavy (non-hydrogen) atoms. The Morgan fingerprint density at radius 2 is 1.96 bits per heavy atom. The van der Waals surface area contributed by atoms with Crippen molar-refractivity contribution < 1.29 is 24.6 Å². The number of aliphatic carboxylic acids is 1. The summed E-state index contributed by atoms with van der Waals surface area (Å²) >= 11 is 0. The summed E-state index contributed by atoms with van der Waals surface area (Å²) < 4.78 is 0. The third kappa shape index (κ3) is 2.62. The smallest absolute Gasteiger partial charge is 0.307 e. The first-order chi connectivity index (χ1) is 11.4. The number of anilines is 1. The van der Waals surface area contributed by atoms with Crippen molar-refractivity contribution in [2.75, 3.05) is 4.90 Å². The van der Waals surface area contributed by atoms with Crippen molar-refractivity contribution in [2.45, 2.75) is 19.8 Å². The number of para-hydroxylation sites is 1. The Kier molecular flexibility index (Phi) is 3.81. The maximum atomic E-state index is 12.8. The van der Waals surface area contributed by atoms with Crippen molar-refractivity contribution in [2.24, 2.45) is 0 Å². The number of carboxylic acid groups (broad SMARTS) is 1. The Labute approximate surface area is 138 Å². The molecule has 1 aliphatic rings. The number of aryl methyl sites for hydroxylation is 1. The van der Waals surface area contributed by atoms with E-state index in [4.69, 9.17) is 5.11 Å². The number of phenols is 1.